The van der Waals surface area contributed by atoms with Crippen molar-refractivity contribution in [1.82, 2.24) is 4.90 Å². The number of hydrogen-bond acceptors (Lipinski definition) is 3. The number of aliphatic hydroxyl groups is 1. The van der Waals surface area contributed by atoms with Crippen molar-refractivity contribution in [2.45, 2.75) is 37.0 Å². The molecule has 0 aromatic heterocycles. The maximum absolute atomic E-state index is 9.09. The Morgan fingerprint density at radius 2 is 2.21 bits per heavy atom. The summed E-state index contributed by atoms with van der Waals surface area (Å²) in [5, 5.41) is 9.99. The van der Waals surface area contributed by atoms with Crippen molar-refractivity contribution in [3.8, 4) is 0 Å². The van der Waals surface area contributed by atoms with Crippen molar-refractivity contribution in [3.05, 3.63) is 0 Å². The van der Waals surface area contributed by atoms with E-state index in [-0.39, 0.29) is 0 Å². The second-order valence-electron chi connectivity index (χ2n) is 4.66. The Labute approximate surface area is 91.1 Å². The number of thioether (sulfide) groups is 1. The molecular weight excluding hydrogens is 194 g/mol. The Morgan fingerprint density at radius 3 is 2.79 bits per heavy atom. The lowest BCUT2D eigenvalue weighted by Gasteiger charge is -2.23. The largest absolute Gasteiger partial charge is 0.396 e. The molecule has 82 valence electrons. The maximum Gasteiger partial charge on any atom is 0.0471 e. The first-order valence-corrected chi connectivity index (χ1v) is 7.00. The fourth-order valence-corrected chi connectivity index (χ4v) is 3.59. The van der Waals surface area contributed by atoms with Crippen LogP contribution in [0, 0.1) is 5.92 Å². The van der Waals surface area contributed by atoms with E-state index in [0.29, 0.717) is 12.5 Å². The standard InChI is InChI=1S/C11H21NOS/c1-14-11-3-2-10(6-11)12-5-4-9(7-12)8-13/h9-11,13H,2-8H2,1H3. The number of aliphatic hydroxyl groups excluding tert-OH is 1. The minimum Gasteiger partial charge on any atom is -0.396 e. The Kier molecular flexibility index (Phi) is 3.74. The molecule has 3 unspecified atom stereocenters. The molecule has 1 heterocycles. The zero-order chi connectivity index (χ0) is 9.97. The summed E-state index contributed by atoms with van der Waals surface area (Å²) >= 11 is 2.03. The second-order valence-corrected chi connectivity index (χ2v) is 5.79. The Hall–Kier alpha value is 0.270. The zero-order valence-corrected chi connectivity index (χ0v) is 9.80. The predicted molar refractivity (Wildman–Crippen MR) is 61.7 cm³/mol. The molecule has 2 nitrogen and oxygen atoms in total. The molecule has 1 N–H and O–H groups in total. The second kappa shape index (κ2) is 4.86. The molecule has 1 saturated carbocycles. The van der Waals surface area contributed by atoms with Gasteiger partial charge in [0, 0.05) is 24.4 Å². The Morgan fingerprint density at radius 1 is 1.36 bits per heavy atom. The van der Waals surface area contributed by atoms with E-state index in [2.05, 4.69) is 11.2 Å². The molecule has 2 fully saturated rings. The Balaban J connectivity index is 1.80. The molecule has 1 saturated heterocycles. The van der Waals surface area contributed by atoms with Gasteiger partial charge in [0.05, 0.1) is 0 Å². The summed E-state index contributed by atoms with van der Waals surface area (Å²) in [6.45, 7) is 2.74. The van der Waals surface area contributed by atoms with E-state index in [0.717, 1.165) is 17.8 Å². The van der Waals surface area contributed by atoms with Gasteiger partial charge in [0.25, 0.3) is 0 Å². The van der Waals surface area contributed by atoms with Gasteiger partial charge in [-0.05, 0) is 44.4 Å². The van der Waals surface area contributed by atoms with Crippen LogP contribution in [0.3, 0.4) is 0 Å². The third kappa shape index (κ3) is 2.26. The number of hydrogen-bond donors (Lipinski definition) is 1. The van der Waals surface area contributed by atoms with Gasteiger partial charge in [-0.25, -0.2) is 0 Å². The SMILES string of the molecule is CSC1CCC(N2CCC(CO)C2)C1. The van der Waals surface area contributed by atoms with Gasteiger partial charge in [-0.3, -0.25) is 4.90 Å². The van der Waals surface area contributed by atoms with Gasteiger partial charge in [0.1, 0.15) is 0 Å². The van der Waals surface area contributed by atoms with Crippen LogP contribution in [0.4, 0.5) is 0 Å². The fraction of sp³-hybridized carbons (Fsp3) is 1.00. The third-order valence-electron chi connectivity index (χ3n) is 3.78. The monoisotopic (exact) mass is 215 g/mol. The van der Waals surface area contributed by atoms with Crippen LogP contribution in [0.25, 0.3) is 0 Å². The smallest absolute Gasteiger partial charge is 0.0471 e. The fourth-order valence-electron chi connectivity index (χ4n) is 2.81. The van der Waals surface area contributed by atoms with Gasteiger partial charge in [0.2, 0.25) is 0 Å². The summed E-state index contributed by atoms with van der Waals surface area (Å²) in [6.07, 6.45) is 7.58. The Bertz CT molecular complexity index is 168. The summed E-state index contributed by atoms with van der Waals surface area (Å²) < 4.78 is 0. The van der Waals surface area contributed by atoms with Gasteiger partial charge in [0.15, 0.2) is 0 Å². The summed E-state index contributed by atoms with van der Waals surface area (Å²) in [5.41, 5.74) is 0. The van der Waals surface area contributed by atoms with Gasteiger partial charge in [-0.15, -0.1) is 0 Å². The molecule has 2 aliphatic rings. The third-order valence-corrected chi connectivity index (χ3v) is 4.88. The van der Waals surface area contributed by atoms with Crippen LogP contribution in [-0.2, 0) is 0 Å². The molecule has 0 aromatic rings. The van der Waals surface area contributed by atoms with Crippen molar-refractivity contribution < 1.29 is 5.11 Å². The van der Waals surface area contributed by atoms with Crippen molar-refractivity contribution in [2.24, 2.45) is 5.92 Å². The predicted octanol–water partition coefficient (Wildman–Crippen LogP) is 1.58. The van der Waals surface area contributed by atoms with Crippen molar-refractivity contribution in [2.75, 3.05) is 26.0 Å². The van der Waals surface area contributed by atoms with Crippen LogP contribution in [0.2, 0.25) is 0 Å². The number of rotatable bonds is 3. The lowest BCUT2D eigenvalue weighted by molar-refractivity contribution is 0.199. The van der Waals surface area contributed by atoms with Gasteiger partial charge >= 0.3 is 0 Å². The van der Waals surface area contributed by atoms with Crippen molar-refractivity contribution in [3.63, 3.8) is 0 Å². The maximum atomic E-state index is 9.09. The molecule has 3 atom stereocenters. The highest BCUT2D eigenvalue weighted by atomic mass is 32.2. The molecule has 1 aliphatic carbocycles. The number of nitrogens with zero attached hydrogens (tertiary/aromatic N) is 1. The molecule has 14 heavy (non-hydrogen) atoms. The molecule has 1 aliphatic heterocycles. The topological polar surface area (TPSA) is 23.5 Å². The average Bonchev–Trinajstić information content (AvgIpc) is 2.86. The highest BCUT2D eigenvalue weighted by Gasteiger charge is 2.32. The molecule has 3 heteroatoms. The first-order chi connectivity index (χ1) is 6.83. The molecule has 0 amide bonds. The van der Waals surface area contributed by atoms with E-state index < -0.39 is 0 Å². The minimum absolute atomic E-state index is 0.384. The van der Waals surface area contributed by atoms with Crippen LogP contribution < -0.4 is 0 Å². The quantitative estimate of drug-likeness (QED) is 0.773. The van der Waals surface area contributed by atoms with Gasteiger partial charge < -0.3 is 5.11 Å². The van der Waals surface area contributed by atoms with E-state index in [4.69, 9.17) is 5.11 Å². The van der Waals surface area contributed by atoms with Crippen LogP contribution in [0.1, 0.15) is 25.7 Å². The van der Waals surface area contributed by atoms with Crippen LogP contribution in [0.15, 0.2) is 0 Å². The van der Waals surface area contributed by atoms with Crippen LogP contribution in [-0.4, -0.2) is 47.3 Å². The lowest BCUT2D eigenvalue weighted by Crippen LogP contribution is -2.31. The summed E-state index contributed by atoms with van der Waals surface area (Å²) in [5.74, 6) is 0.559. The summed E-state index contributed by atoms with van der Waals surface area (Å²) in [7, 11) is 0. The highest BCUT2D eigenvalue weighted by Crippen LogP contribution is 2.33. The van der Waals surface area contributed by atoms with Crippen molar-refractivity contribution >= 4 is 11.8 Å². The summed E-state index contributed by atoms with van der Waals surface area (Å²) in [4.78, 5) is 2.61. The molecule has 0 radical (unpaired) electrons. The molecule has 0 bridgehead atoms. The van der Waals surface area contributed by atoms with E-state index in [1.807, 2.05) is 11.8 Å². The number of likely N-dealkylation sites (tertiary alicyclic amines) is 1. The molecular formula is C11H21NOS. The van der Waals surface area contributed by atoms with E-state index in [1.165, 1.54) is 32.2 Å². The van der Waals surface area contributed by atoms with Crippen LogP contribution >= 0.6 is 11.8 Å². The van der Waals surface area contributed by atoms with Crippen LogP contribution in [0.5, 0.6) is 0 Å². The first kappa shape index (κ1) is 10.8. The van der Waals surface area contributed by atoms with E-state index in [1.54, 1.807) is 0 Å². The van der Waals surface area contributed by atoms with E-state index in [9.17, 15) is 0 Å². The lowest BCUT2D eigenvalue weighted by atomic mass is 10.1. The molecule has 0 aromatic carbocycles. The van der Waals surface area contributed by atoms with Gasteiger partial charge in [-0.1, -0.05) is 0 Å². The zero-order valence-electron chi connectivity index (χ0n) is 8.98. The van der Waals surface area contributed by atoms with Gasteiger partial charge in [-0.2, -0.15) is 11.8 Å². The summed E-state index contributed by atoms with van der Waals surface area (Å²) in [6, 6.07) is 0.823. The average molecular weight is 215 g/mol. The van der Waals surface area contributed by atoms with E-state index >= 15 is 0 Å². The van der Waals surface area contributed by atoms with Crippen molar-refractivity contribution in [1.29, 1.82) is 0 Å². The highest BCUT2D eigenvalue weighted by molar-refractivity contribution is 7.99. The molecule has 2 rings (SSSR count). The first-order valence-electron chi connectivity index (χ1n) is 5.71. The molecule has 0 spiro atoms. The minimum atomic E-state index is 0.384. The normalized spacial score (nSPS) is 39.4.